The molecule has 0 amide bonds. The molecule has 0 unspecified atom stereocenters. The standard InChI is InChI=1S/C18H39N4O2Si/c1-16(2,3)14(19-21(10)11)23-25(18(7,8)9)24-15(17(4,5)6)20-22(12)13/h1-13H3/q+1/b19-14-,20-15-. The zero-order valence-corrected chi connectivity index (χ0v) is 19.6. The second-order valence-electron chi connectivity index (χ2n) is 9.75. The molecule has 0 heterocycles. The van der Waals surface area contributed by atoms with Gasteiger partial charge in [0.25, 0.3) is 0 Å². The van der Waals surface area contributed by atoms with Crippen LogP contribution in [-0.4, -0.2) is 58.9 Å². The number of rotatable bonds is 3. The smallest absolute Gasteiger partial charge is 0.356 e. The molecule has 0 bridgehead atoms. The highest BCUT2D eigenvalue weighted by Gasteiger charge is 2.47. The lowest BCUT2D eigenvalue weighted by molar-refractivity contribution is 0.208. The van der Waals surface area contributed by atoms with Gasteiger partial charge in [0.2, 0.25) is 0 Å². The molecule has 0 aliphatic rings. The van der Waals surface area contributed by atoms with Crippen LogP contribution in [0.15, 0.2) is 10.2 Å². The molecular weight excluding hydrogens is 332 g/mol. The molecule has 25 heavy (non-hydrogen) atoms. The Kier molecular flexibility index (Phi) is 8.01. The van der Waals surface area contributed by atoms with Crippen molar-refractivity contribution in [3.05, 3.63) is 0 Å². The summed E-state index contributed by atoms with van der Waals surface area (Å²) >= 11 is 0. The highest BCUT2D eigenvalue weighted by atomic mass is 28.3. The van der Waals surface area contributed by atoms with Gasteiger partial charge in [-0.05, 0) is 62.3 Å². The van der Waals surface area contributed by atoms with E-state index in [-0.39, 0.29) is 15.9 Å². The van der Waals surface area contributed by atoms with Crippen LogP contribution in [0.1, 0.15) is 62.3 Å². The lowest BCUT2D eigenvalue weighted by Crippen LogP contribution is -2.36. The van der Waals surface area contributed by atoms with Crippen molar-refractivity contribution in [2.24, 2.45) is 21.0 Å². The van der Waals surface area contributed by atoms with E-state index >= 15 is 0 Å². The Morgan fingerprint density at radius 2 is 1.20 bits per heavy atom. The number of nitrogens with zero attached hydrogens (tertiary/aromatic N) is 4. The Bertz CT molecular complexity index is 531. The predicted octanol–water partition coefficient (Wildman–Crippen LogP) is 4.10. The van der Waals surface area contributed by atoms with Crippen molar-refractivity contribution in [3.8, 4) is 0 Å². The maximum atomic E-state index is 6.39. The van der Waals surface area contributed by atoms with E-state index < -0.39 is 8.93 Å². The van der Waals surface area contributed by atoms with E-state index in [1.807, 2.05) is 28.2 Å². The largest absolute Gasteiger partial charge is 0.801 e. The first kappa shape index (κ1) is 23.8. The third-order valence-corrected chi connectivity index (χ3v) is 4.84. The van der Waals surface area contributed by atoms with Gasteiger partial charge in [-0.1, -0.05) is 0 Å². The molecule has 0 saturated heterocycles. The highest BCUT2D eigenvalue weighted by Crippen LogP contribution is 2.28. The molecule has 0 fully saturated rings. The predicted molar refractivity (Wildman–Crippen MR) is 108 cm³/mol. The fourth-order valence-electron chi connectivity index (χ4n) is 1.51. The van der Waals surface area contributed by atoms with Gasteiger partial charge in [0, 0.05) is 28.2 Å². The summed E-state index contributed by atoms with van der Waals surface area (Å²) in [6.45, 7) is 19.0. The molecule has 0 aromatic heterocycles. The lowest BCUT2D eigenvalue weighted by Gasteiger charge is -2.21. The Balaban J connectivity index is 6.19. The maximum Gasteiger partial charge on any atom is 0.801 e. The van der Waals surface area contributed by atoms with E-state index in [0.717, 1.165) is 0 Å². The summed E-state index contributed by atoms with van der Waals surface area (Å²) in [4.78, 5) is 0. The average molecular weight is 372 g/mol. The van der Waals surface area contributed by atoms with Gasteiger partial charge in [0.15, 0.2) is 0 Å². The molecule has 0 spiro atoms. The highest BCUT2D eigenvalue weighted by molar-refractivity contribution is 6.43. The van der Waals surface area contributed by atoms with Gasteiger partial charge in [-0.15, -0.1) is 10.2 Å². The molecule has 0 aliphatic heterocycles. The molecule has 0 N–H and O–H groups in total. The van der Waals surface area contributed by atoms with Gasteiger partial charge in [0.05, 0.1) is 15.9 Å². The van der Waals surface area contributed by atoms with Crippen molar-refractivity contribution in [2.75, 3.05) is 28.2 Å². The third-order valence-electron chi connectivity index (χ3n) is 2.86. The van der Waals surface area contributed by atoms with Crippen LogP contribution in [0.2, 0.25) is 5.04 Å². The van der Waals surface area contributed by atoms with E-state index in [4.69, 9.17) is 8.52 Å². The Morgan fingerprint density at radius 1 is 0.760 bits per heavy atom. The fourth-order valence-corrected chi connectivity index (χ4v) is 3.21. The van der Waals surface area contributed by atoms with Crippen molar-refractivity contribution < 1.29 is 8.52 Å². The van der Waals surface area contributed by atoms with Crippen LogP contribution in [0, 0.1) is 10.8 Å². The van der Waals surface area contributed by atoms with Gasteiger partial charge in [0.1, 0.15) is 0 Å². The van der Waals surface area contributed by atoms with Crippen molar-refractivity contribution in [1.82, 2.24) is 10.0 Å². The third kappa shape index (κ3) is 9.14. The second-order valence-corrected chi connectivity index (χ2v) is 12.2. The summed E-state index contributed by atoms with van der Waals surface area (Å²) in [5, 5.41) is 12.5. The molecule has 6 nitrogen and oxygen atoms in total. The molecule has 0 aliphatic carbocycles. The molecule has 7 heteroatoms. The van der Waals surface area contributed by atoms with E-state index in [0.29, 0.717) is 11.8 Å². The van der Waals surface area contributed by atoms with Crippen molar-refractivity contribution in [2.45, 2.75) is 67.4 Å². The molecule has 0 saturated carbocycles. The molecule has 0 atom stereocenters. The molecule has 0 aromatic carbocycles. The molecule has 0 aromatic rings. The van der Waals surface area contributed by atoms with E-state index in [1.165, 1.54) is 0 Å². The monoisotopic (exact) mass is 371 g/mol. The first-order valence-electron chi connectivity index (χ1n) is 8.70. The van der Waals surface area contributed by atoms with Gasteiger partial charge in [-0.2, -0.15) is 0 Å². The maximum absolute atomic E-state index is 6.39. The first-order valence-corrected chi connectivity index (χ1v) is 10.0. The minimum atomic E-state index is -1.73. The topological polar surface area (TPSA) is 51.7 Å². The minimum Gasteiger partial charge on any atom is -0.356 e. The summed E-state index contributed by atoms with van der Waals surface area (Å²) in [5.41, 5.74) is -0.426. The summed E-state index contributed by atoms with van der Waals surface area (Å²) < 4.78 is 12.8. The van der Waals surface area contributed by atoms with Crippen LogP contribution in [0.25, 0.3) is 0 Å². The summed E-state index contributed by atoms with van der Waals surface area (Å²) in [6.07, 6.45) is 0. The van der Waals surface area contributed by atoms with Crippen LogP contribution in [0.5, 0.6) is 0 Å². The van der Waals surface area contributed by atoms with Crippen LogP contribution in [-0.2, 0) is 8.52 Å². The average Bonchev–Trinajstić information content (AvgIpc) is 2.30. The second kappa shape index (κ2) is 8.43. The normalized spacial score (nSPS) is 15.3. The van der Waals surface area contributed by atoms with E-state index in [1.54, 1.807) is 10.0 Å². The summed E-state index contributed by atoms with van der Waals surface area (Å²) in [5.74, 6) is 1.36. The molecule has 146 valence electrons. The van der Waals surface area contributed by atoms with E-state index in [2.05, 4.69) is 72.5 Å². The Labute approximate surface area is 156 Å². The number of hydrazone groups is 2. The number of hydrogen-bond acceptors (Lipinski definition) is 5. The zero-order valence-electron chi connectivity index (χ0n) is 18.6. The summed E-state index contributed by atoms with van der Waals surface area (Å²) in [7, 11) is 5.86. The van der Waals surface area contributed by atoms with Gasteiger partial charge < -0.3 is 8.52 Å². The SMILES string of the molecule is CN(C)/N=C(\O[Si](=[O+]/C(=N\N(C)C)C(C)(C)C)C(C)(C)C)C(C)(C)C. The minimum absolute atomic E-state index is 0.151. The molecule has 0 rings (SSSR count). The van der Waals surface area contributed by atoms with Crippen LogP contribution < -0.4 is 0 Å². The van der Waals surface area contributed by atoms with Crippen LogP contribution >= 0.6 is 0 Å². The Hall–Kier alpha value is -1.24. The molecule has 0 radical (unpaired) electrons. The number of hydrogen-bond donors (Lipinski definition) is 0. The van der Waals surface area contributed by atoms with Gasteiger partial charge in [-0.25, -0.2) is 0 Å². The van der Waals surface area contributed by atoms with E-state index in [9.17, 15) is 0 Å². The fraction of sp³-hybridized carbons (Fsp3) is 0.889. The van der Waals surface area contributed by atoms with Gasteiger partial charge in [-0.3, -0.25) is 10.0 Å². The van der Waals surface area contributed by atoms with Crippen molar-refractivity contribution >= 4 is 20.7 Å². The van der Waals surface area contributed by atoms with Crippen LogP contribution in [0.3, 0.4) is 0 Å². The Morgan fingerprint density at radius 3 is 1.48 bits per heavy atom. The zero-order chi connectivity index (χ0) is 20.2. The van der Waals surface area contributed by atoms with Crippen LogP contribution in [0.4, 0.5) is 0 Å². The molecular formula is C18H39N4O2Si+. The lowest BCUT2D eigenvalue weighted by atomic mass is 9.97. The summed E-state index contributed by atoms with van der Waals surface area (Å²) in [6, 6.07) is 0. The van der Waals surface area contributed by atoms with Crippen molar-refractivity contribution in [1.29, 1.82) is 0 Å². The van der Waals surface area contributed by atoms with Gasteiger partial charge >= 0.3 is 20.7 Å². The first-order chi connectivity index (χ1) is 10.9. The quantitative estimate of drug-likeness (QED) is 0.247. The van der Waals surface area contributed by atoms with Crippen molar-refractivity contribution in [3.63, 3.8) is 0 Å².